The van der Waals surface area contributed by atoms with Gasteiger partial charge in [-0.05, 0) is 49.8 Å². The molecule has 6 heteroatoms. The van der Waals surface area contributed by atoms with E-state index in [0.717, 1.165) is 17.0 Å². The number of halogens is 1. The van der Waals surface area contributed by atoms with Crippen molar-refractivity contribution in [1.82, 2.24) is 10.3 Å². The third-order valence-electron chi connectivity index (χ3n) is 3.69. The fourth-order valence-electron chi connectivity index (χ4n) is 2.46. The summed E-state index contributed by atoms with van der Waals surface area (Å²) in [5.41, 5.74) is 3.75. The zero-order chi connectivity index (χ0) is 17.1. The molecule has 2 heterocycles. The van der Waals surface area contributed by atoms with Crippen molar-refractivity contribution in [3.05, 3.63) is 70.1 Å². The van der Waals surface area contributed by atoms with E-state index in [4.69, 9.17) is 11.6 Å². The van der Waals surface area contributed by atoms with Crippen LogP contribution in [0.15, 0.2) is 53.2 Å². The molecule has 1 atom stereocenters. The van der Waals surface area contributed by atoms with E-state index in [1.165, 1.54) is 6.34 Å². The summed E-state index contributed by atoms with van der Waals surface area (Å²) in [4.78, 5) is 21.2. The Balaban J connectivity index is 1.79. The largest absolute Gasteiger partial charge is 0.342 e. The van der Waals surface area contributed by atoms with Gasteiger partial charge in [0.1, 0.15) is 5.70 Å². The van der Waals surface area contributed by atoms with E-state index in [-0.39, 0.29) is 11.9 Å². The van der Waals surface area contributed by atoms with E-state index < -0.39 is 0 Å². The van der Waals surface area contributed by atoms with Gasteiger partial charge in [-0.2, -0.15) is 0 Å². The van der Waals surface area contributed by atoms with E-state index >= 15 is 0 Å². The highest BCUT2D eigenvalue weighted by Crippen LogP contribution is 2.24. The molecule has 0 saturated heterocycles. The molecule has 2 aromatic rings. The van der Waals surface area contributed by atoms with Crippen LogP contribution in [0.2, 0.25) is 5.02 Å². The fourth-order valence-corrected chi connectivity index (χ4v) is 2.66. The Morgan fingerprint density at radius 1 is 1.25 bits per heavy atom. The number of nitrogens with one attached hydrogen (secondary N) is 2. The zero-order valence-corrected chi connectivity index (χ0v) is 14.1. The normalized spacial score (nSPS) is 16.3. The first-order valence-electron chi connectivity index (χ1n) is 7.54. The van der Waals surface area contributed by atoms with Gasteiger partial charge in [0, 0.05) is 10.7 Å². The number of hydrogen-bond donors (Lipinski definition) is 2. The van der Waals surface area contributed by atoms with Crippen molar-refractivity contribution in [3.8, 4) is 0 Å². The summed E-state index contributed by atoms with van der Waals surface area (Å²) in [6.45, 7) is 3.78. The van der Waals surface area contributed by atoms with Gasteiger partial charge in [-0.25, -0.2) is 0 Å². The first-order chi connectivity index (χ1) is 11.5. The smallest absolute Gasteiger partial charge is 0.271 e. The molecule has 1 unspecified atom stereocenters. The lowest BCUT2D eigenvalue weighted by Gasteiger charge is -2.17. The van der Waals surface area contributed by atoms with E-state index in [9.17, 15) is 4.79 Å². The van der Waals surface area contributed by atoms with Crippen molar-refractivity contribution in [3.63, 3.8) is 0 Å². The molecule has 1 amide bonds. The summed E-state index contributed by atoms with van der Waals surface area (Å²) in [5, 5.41) is 6.40. The maximum atomic E-state index is 12.5. The lowest BCUT2D eigenvalue weighted by Crippen LogP contribution is -2.28. The molecule has 24 heavy (non-hydrogen) atoms. The maximum Gasteiger partial charge on any atom is 0.271 e. The van der Waals surface area contributed by atoms with Crippen LogP contribution in [-0.4, -0.2) is 17.2 Å². The summed E-state index contributed by atoms with van der Waals surface area (Å²) in [5.74, 6) is -0.234. The molecule has 1 aromatic carbocycles. The highest BCUT2D eigenvalue weighted by molar-refractivity contribution is 6.30. The SMILES string of the molecule is Cc1ccc(NC(=O)C2=CC(c3cccc(Cl)c3)N=CN2)c(C)n1. The van der Waals surface area contributed by atoms with Gasteiger partial charge in [-0.3, -0.25) is 14.8 Å². The molecule has 0 spiro atoms. The molecule has 122 valence electrons. The zero-order valence-electron chi connectivity index (χ0n) is 13.4. The number of rotatable bonds is 3. The molecular weight excluding hydrogens is 324 g/mol. The lowest BCUT2D eigenvalue weighted by atomic mass is 10.1. The highest BCUT2D eigenvalue weighted by atomic mass is 35.5. The van der Waals surface area contributed by atoms with Crippen molar-refractivity contribution < 1.29 is 4.79 Å². The van der Waals surface area contributed by atoms with E-state index in [1.54, 1.807) is 12.1 Å². The van der Waals surface area contributed by atoms with Crippen LogP contribution in [0.25, 0.3) is 0 Å². The second kappa shape index (κ2) is 6.84. The minimum Gasteiger partial charge on any atom is -0.342 e. The van der Waals surface area contributed by atoms with E-state index in [2.05, 4.69) is 20.6 Å². The predicted molar refractivity (Wildman–Crippen MR) is 96.2 cm³/mol. The number of benzene rings is 1. The average Bonchev–Trinajstić information content (AvgIpc) is 2.57. The average molecular weight is 341 g/mol. The standard InChI is InChI=1S/C18H17ClN4O/c1-11-6-7-15(12(2)22-11)23-18(24)17-9-16(20-10-21-17)13-4-3-5-14(19)8-13/h3-10,16H,1-2H3,(H,20,21)(H,23,24). The van der Waals surface area contributed by atoms with Crippen LogP contribution in [0.3, 0.4) is 0 Å². The van der Waals surface area contributed by atoms with E-state index in [0.29, 0.717) is 16.4 Å². The number of nitrogens with zero attached hydrogens (tertiary/aromatic N) is 2. The van der Waals surface area contributed by atoms with Gasteiger partial charge in [-0.1, -0.05) is 23.7 Å². The number of aryl methyl sites for hydroxylation is 2. The van der Waals surface area contributed by atoms with Crippen LogP contribution in [0.4, 0.5) is 5.69 Å². The molecule has 1 aliphatic rings. The molecule has 0 bridgehead atoms. The Kier molecular flexibility index (Phi) is 4.62. The summed E-state index contributed by atoms with van der Waals surface area (Å²) in [6.07, 6.45) is 3.30. The Morgan fingerprint density at radius 3 is 2.83 bits per heavy atom. The summed E-state index contributed by atoms with van der Waals surface area (Å²) >= 11 is 6.03. The van der Waals surface area contributed by atoms with Gasteiger partial charge in [0.25, 0.3) is 5.91 Å². The summed E-state index contributed by atoms with van der Waals surface area (Å²) in [6, 6.07) is 10.9. The summed E-state index contributed by atoms with van der Waals surface area (Å²) in [7, 11) is 0. The molecule has 1 aromatic heterocycles. The molecule has 0 aliphatic carbocycles. The number of hydrogen-bond acceptors (Lipinski definition) is 4. The van der Waals surface area contributed by atoms with Crippen LogP contribution in [0, 0.1) is 13.8 Å². The van der Waals surface area contributed by atoms with Crippen LogP contribution >= 0.6 is 11.6 Å². The Hall–Kier alpha value is -2.66. The van der Waals surface area contributed by atoms with Gasteiger partial charge < -0.3 is 10.6 Å². The van der Waals surface area contributed by atoms with Gasteiger partial charge in [0.15, 0.2) is 0 Å². The van der Waals surface area contributed by atoms with Crippen LogP contribution < -0.4 is 10.6 Å². The minimum atomic E-state index is -0.247. The summed E-state index contributed by atoms with van der Waals surface area (Å²) < 4.78 is 0. The third-order valence-corrected chi connectivity index (χ3v) is 3.92. The molecule has 3 rings (SSSR count). The molecule has 1 aliphatic heterocycles. The van der Waals surface area contributed by atoms with E-state index in [1.807, 2.05) is 44.2 Å². The Labute approximate surface area is 145 Å². The monoisotopic (exact) mass is 340 g/mol. The predicted octanol–water partition coefficient (Wildman–Crippen LogP) is 3.55. The molecule has 2 N–H and O–H groups in total. The quantitative estimate of drug-likeness (QED) is 0.898. The van der Waals surface area contributed by atoms with Crippen molar-refractivity contribution in [1.29, 1.82) is 0 Å². The lowest BCUT2D eigenvalue weighted by molar-refractivity contribution is -0.113. The molecule has 0 fully saturated rings. The number of aliphatic imine (C=N–C) groups is 1. The molecular formula is C18H17ClN4O. The van der Waals surface area contributed by atoms with Crippen molar-refractivity contribution >= 4 is 29.5 Å². The molecule has 0 saturated carbocycles. The third kappa shape index (κ3) is 3.63. The Morgan fingerprint density at radius 2 is 2.08 bits per heavy atom. The number of carbonyl (C=O) groups is 1. The molecule has 5 nitrogen and oxygen atoms in total. The van der Waals surface area contributed by atoms with Gasteiger partial charge in [-0.15, -0.1) is 0 Å². The van der Waals surface area contributed by atoms with Crippen LogP contribution in [0.1, 0.15) is 23.0 Å². The van der Waals surface area contributed by atoms with Crippen molar-refractivity contribution in [2.24, 2.45) is 4.99 Å². The number of amides is 1. The number of pyridine rings is 1. The fraction of sp³-hybridized carbons (Fsp3) is 0.167. The van der Waals surface area contributed by atoms with Crippen LogP contribution in [0.5, 0.6) is 0 Å². The number of carbonyl (C=O) groups excluding carboxylic acids is 1. The first-order valence-corrected chi connectivity index (χ1v) is 7.92. The van der Waals surface area contributed by atoms with Crippen LogP contribution in [-0.2, 0) is 4.79 Å². The van der Waals surface area contributed by atoms with Gasteiger partial charge in [0.2, 0.25) is 0 Å². The highest BCUT2D eigenvalue weighted by Gasteiger charge is 2.17. The second-order valence-corrected chi connectivity index (χ2v) is 5.98. The van der Waals surface area contributed by atoms with Crippen molar-refractivity contribution in [2.75, 3.05) is 5.32 Å². The van der Waals surface area contributed by atoms with Gasteiger partial charge >= 0.3 is 0 Å². The Bertz CT molecular complexity index is 845. The second-order valence-electron chi connectivity index (χ2n) is 5.54. The number of aromatic nitrogens is 1. The molecule has 0 radical (unpaired) electrons. The van der Waals surface area contributed by atoms with Crippen molar-refractivity contribution in [2.45, 2.75) is 19.9 Å². The maximum absolute atomic E-state index is 12.5. The topological polar surface area (TPSA) is 66.4 Å². The minimum absolute atomic E-state index is 0.234. The first kappa shape index (κ1) is 16.2. The van der Waals surface area contributed by atoms with Gasteiger partial charge in [0.05, 0.1) is 23.8 Å². The number of anilines is 1.